The molecule has 10 nitrogen and oxygen atoms in total. The Hall–Kier alpha value is -3.83. The molecule has 5 rings (SSSR count). The summed E-state index contributed by atoms with van der Waals surface area (Å²) >= 11 is 11.6. The van der Waals surface area contributed by atoms with E-state index >= 15 is 0 Å². The molecule has 1 aromatic heterocycles. The molecule has 1 aliphatic heterocycles. The van der Waals surface area contributed by atoms with Gasteiger partial charge in [-0.05, 0) is 65.5 Å². The highest BCUT2D eigenvalue weighted by atomic mass is 35.5. The first kappa shape index (κ1) is 24.8. The van der Waals surface area contributed by atoms with Crippen molar-refractivity contribution in [1.29, 1.82) is 0 Å². The van der Waals surface area contributed by atoms with E-state index < -0.39 is 11.9 Å². The summed E-state index contributed by atoms with van der Waals surface area (Å²) in [6, 6.07) is 14.5. The van der Waals surface area contributed by atoms with Gasteiger partial charge in [0.05, 0.1) is 6.42 Å². The molecule has 2 aliphatic rings. The number of benzene rings is 2. The highest BCUT2D eigenvalue weighted by molar-refractivity contribution is 7.80. The third kappa shape index (κ3) is 5.32. The van der Waals surface area contributed by atoms with Crippen molar-refractivity contribution in [2.75, 3.05) is 5.32 Å². The highest BCUT2D eigenvalue weighted by Crippen LogP contribution is 2.35. The van der Waals surface area contributed by atoms with Crippen molar-refractivity contribution in [3.05, 3.63) is 70.9 Å². The van der Waals surface area contributed by atoms with E-state index in [0.717, 1.165) is 12.8 Å². The zero-order valence-electron chi connectivity index (χ0n) is 19.8. The Morgan fingerprint density at radius 2 is 1.95 bits per heavy atom. The van der Waals surface area contributed by atoms with Crippen LogP contribution in [0.5, 0.6) is 0 Å². The van der Waals surface area contributed by atoms with E-state index in [2.05, 4.69) is 15.6 Å². The molecule has 2 fully saturated rings. The SMILES string of the molecule is C[n+]1noc(/N=C(\[O-])c2ccccc2)c1CN1C(=S)N(C2CC2)C(=O)C1CC(=O)Nc1ccc(Cl)cc1. The first-order chi connectivity index (χ1) is 17.8. The van der Waals surface area contributed by atoms with Crippen LogP contribution in [0.15, 0.2) is 64.1 Å². The summed E-state index contributed by atoms with van der Waals surface area (Å²) in [4.78, 5) is 33.6. The summed E-state index contributed by atoms with van der Waals surface area (Å²) in [5.41, 5.74) is 1.41. The Labute approximate surface area is 223 Å². The molecule has 1 saturated heterocycles. The molecule has 0 radical (unpaired) electrons. The molecule has 0 spiro atoms. The minimum Gasteiger partial charge on any atom is -0.858 e. The average Bonchev–Trinajstić information content (AvgIpc) is 3.62. The highest BCUT2D eigenvalue weighted by Gasteiger charge is 2.50. The molecule has 1 N–H and O–H groups in total. The van der Waals surface area contributed by atoms with Crippen LogP contribution >= 0.6 is 23.8 Å². The smallest absolute Gasteiger partial charge is 0.325 e. The number of rotatable bonds is 8. The third-order valence-corrected chi connectivity index (χ3v) is 6.88. The number of carbonyl (C=O) groups is 2. The van der Waals surface area contributed by atoms with Crippen molar-refractivity contribution in [3.8, 4) is 0 Å². The van der Waals surface area contributed by atoms with E-state index in [9.17, 15) is 14.7 Å². The zero-order chi connectivity index (χ0) is 26.1. The maximum atomic E-state index is 13.4. The predicted molar refractivity (Wildman–Crippen MR) is 137 cm³/mol. The first-order valence-corrected chi connectivity index (χ1v) is 12.5. The predicted octanol–water partition coefficient (Wildman–Crippen LogP) is 2.08. The number of nitrogens with one attached hydrogen (secondary N) is 1. The van der Waals surface area contributed by atoms with E-state index in [-0.39, 0.29) is 36.7 Å². The Morgan fingerprint density at radius 1 is 1.24 bits per heavy atom. The van der Waals surface area contributed by atoms with Crippen molar-refractivity contribution in [2.24, 2.45) is 12.0 Å². The molecule has 0 bridgehead atoms. The number of halogens is 1. The van der Waals surface area contributed by atoms with Crippen LogP contribution in [-0.2, 0) is 23.2 Å². The summed E-state index contributed by atoms with van der Waals surface area (Å²) in [6.07, 6.45) is 1.60. The minimum absolute atomic E-state index is 0.0147. The van der Waals surface area contributed by atoms with Crippen molar-refractivity contribution in [3.63, 3.8) is 0 Å². The lowest BCUT2D eigenvalue weighted by Gasteiger charge is -2.21. The largest absolute Gasteiger partial charge is 0.858 e. The number of nitrogens with zero attached hydrogens (tertiary/aromatic N) is 5. The van der Waals surface area contributed by atoms with E-state index in [1.54, 1.807) is 71.4 Å². The van der Waals surface area contributed by atoms with Crippen molar-refractivity contribution >= 4 is 58.2 Å². The summed E-state index contributed by atoms with van der Waals surface area (Å²) in [5.74, 6) is -1.04. The van der Waals surface area contributed by atoms with Gasteiger partial charge in [0, 0.05) is 16.8 Å². The number of anilines is 1. The molecule has 12 heteroatoms. The van der Waals surface area contributed by atoms with Crippen LogP contribution in [0.25, 0.3) is 0 Å². The Balaban J connectivity index is 1.40. The number of hydrogen-bond acceptors (Lipinski definition) is 7. The lowest BCUT2D eigenvalue weighted by atomic mass is 10.1. The topological polar surface area (TPSA) is 118 Å². The van der Waals surface area contributed by atoms with Crippen LogP contribution < -0.4 is 15.1 Å². The number of aryl methyl sites for hydroxylation is 1. The van der Waals surface area contributed by atoms with E-state index in [1.807, 2.05) is 0 Å². The van der Waals surface area contributed by atoms with Gasteiger partial charge in [0.15, 0.2) is 12.2 Å². The molecular weight excluding hydrogens is 516 g/mol. The lowest BCUT2D eigenvalue weighted by Crippen LogP contribution is -2.42. The zero-order valence-corrected chi connectivity index (χ0v) is 21.4. The molecule has 37 heavy (non-hydrogen) atoms. The number of hydrogen-bond donors (Lipinski definition) is 1. The fraction of sp³-hybridized carbons (Fsp3) is 0.280. The van der Waals surface area contributed by atoms with Crippen LogP contribution in [0.2, 0.25) is 5.02 Å². The molecule has 2 aromatic carbocycles. The fourth-order valence-corrected chi connectivity index (χ4v) is 4.68. The summed E-state index contributed by atoms with van der Waals surface area (Å²) < 4.78 is 6.76. The first-order valence-electron chi connectivity index (χ1n) is 11.7. The van der Waals surface area contributed by atoms with E-state index in [1.165, 1.54) is 4.68 Å². The number of thiocarbonyl (C=S) groups is 1. The van der Waals surface area contributed by atoms with Crippen molar-refractivity contribution in [2.45, 2.75) is 37.9 Å². The minimum atomic E-state index is -0.826. The van der Waals surface area contributed by atoms with E-state index in [4.69, 9.17) is 28.3 Å². The van der Waals surface area contributed by atoms with Crippen molar-refractivity contribution in [1.82, 2.24) is 15.1 Å². The number of carbonyl (C=O) groups excluding carboxylic acids is 2. The second-order valence-corrected chi connectivity index (χ2v) is 9.66. The maximum absolute atomic E-state index is 13.4. The molecule has 1 aliphatic carbocycles. The van der Waals surface area contributed by atoms with Crippen LogP contribution in [0.1, 0.15) is 30.5 Å². The van der Waals surface area contributed by atoms with Gasteiger partial charge in [-0.3, -0.25) is 19.0 Å². The molecule has 2 heterocycles. The van der Waals surface area contributed by atoms with E-state index in [0.29, 0.717) is 27.1 Å². The quantitative estimate of drug-likeness (QED) is 0.202. The molecule has 1 saturated carbocycles. The molecule has 1 atom stereocenters. The Morgan fingerprint density at radius 3 is 2.62 bits per heavy atom. The third-order valence-electron chi connectivity index (χ3n) is 6.20. The normalized spacial score (nSPS) is 18.0. The number of amides is 2. The summed E-state index contributed by atoms with van der Waals surface area (Å²) in [5, 5.41) is 20.2. The Bertz CT molecular complexity index is 1370. The fourth-order valence-electron chi connectivity index (χ4n) is 4.12. The molecule has 190 valence electrons. The standard InChI is InChI=1S/C25H23ClN6O4S/c1-30-20(23(36-29-30)28-22(34)15-5-3-2-4-6-15)14-31-19(24(35)32(25(31)37)18-11-12-18)13-21(33)27-17-9-7-16(26)8-10-17/h2-10,18-19H,11-14H2,1H3,(H-,27,28,29,33,34). The number of aromatic nitrogens is 2. The van der Waals surface area contributed by atoms with Gasteiger partial charge < -0.3 is 15.3 Å². The molecule has 3 aromatic rings. The van der Waals surface area contributed by atoms with Gasteiger partial charge >= 0.3 is 5.88 Å². The monoisotopic (exact) mass is 538 g/mol. The molecule has 1 unspecified atom stereocenters. The van der Waals surface area contributed by atoms with Crippen molar-refractivity contribution < 1.29 is 23.9 Å². The van der Waals surface area contributed by atoms with Crippen LogP contribution in [0.3, 0.4) is 0 Å². The second kappa shape index (κ2) is 10.3. The average molecular weight is 539 g/mol. The molecular formula is C25H23ClN6O4S. The number of aliphatic imine (C=N–C) groups is 1. The lowest BCUT2D eigenvalue weighted by molar-refractivity contribution is -0.746. The van der Waals surface area contributed by atoms with Gasteiger partial charge in [0.25, 0.3) is 11.6 Å². The van der Waals surface area contributed by atoms with Gasteiger partial charge in [-0.2, -0.15) is 0 Å². The van der Waals surface area contributed by atoms with Gasteiger partial charge in [0.1, 0.15) is 12.6 Å². The van der Waals surface area contributed by atoms with Gasteiger partial charge in [-0.25, -0.2) is 4.99 Å². The Kier molecular flexibility index (Phi) is 6.90. The van der Waals surface area contributed by atoms with Crippen LogP contribution in [-0.4, -0.2) is 50.0 Å². The maximum Gasteiger partial charge on any atom is 0.325 e. The van der Waals surface area contributed by atoms with Gasteiger partial charge in [-0.1, -0.05) is 41.9 Å². The van der Waals surface area contributed by atoms with Crippen LogP contribution in [0.4, 0.5) is 11.6 Å². The van der Waals surface area contributed by atoms with Gasteiger partial charge in [-0.15, -0.1) is 0 Å². The van der Waals surface area contributed by atoms with Gasteiger partial charge in [0.2, 0.25) is 11.2 Å². The second-order valence-electron chi connectivity index (χ2n) is 8.86. The molecule has 2 amide bonds. The summed E-state index contributed by atoms with van der Waals surface area (Å²) in [6.45, 7) is 0.0770. The summed E-state index contributed by atoms with van der Waals surface area (Å²) in [7, 11) is 1.65. The van der Waals surface area contributed by atoms with Crippen LogP contribution in [0, 0.1) is 0 Å².